The Balaban J connectivity index is 1.35. The maximum atomic E-state index is 14.7. The first-order valence-electron chi connectivity index (χ1n) is 16.3. The van der Waals surface area contributed by atoms with Crippen LogP contribution in [0.3, 0.4) is 0 Å². The number of piperidine rings is 1. The first kappa shape index (κ1) is 36.4. The highest BCUT2D eigenvalue weighted by atomic mass is 32.2. The molecule has 3 aliphatic heterocycles. The maximum absolute atomic E-state index is 14.7. The second-order valence-corrected chi connectivity index (χ2v) is 15.8. The number of halogens is 7. The van der Waals surface area contributed by atoms with E-state index in [1.54, 1.807) is 4.90 Å². The number of alkyl halides is 6. The normalized spacial score (nSPS) is 25.1. The molecule has 3 heterocycles. The number of likely N-dealkylation sites (tertiary alicyclic amines) is 2. The molecule has 4 aliphatic rings. The lowest BCUT2D eigenvalue weighted by molar-refractivity contribution is -0.395. The Morgan fingerprint density at radius 1 is 0.840 bits per heavy atom. The van der Waals surface area contributed by atoms with Crippen LogP contribution in [0, 0.1) is 11.7 Å². The van der Waals surface area contributed by atoms with Crippen molar-refractivity contribution in [2.24, 2.45) is 5.92 Å². The highest BCUT2D eigenvalue weighted by Crippen LogP contribution is 2.54. The molecule has 274 valence electrons. The summed E-state index contributed by atoms with van der Waals surface area (Å²) in [5, 5.41) is 0. The summed E-state index contributed by atoms with van der Waals surface area (Å²) in [6.07, 6.45) is -9.93. The van der Waals surface area contributed by atoms with Gasteiger partial charge in [-0.25, -0.2) is 17.6 Å². The van der Waals surface area contributed by atoms with Crippen LogP contribution in [0.4, 0.5) is 35.5 Å². The SMILES string of the molecule is CC(=O)N1CCN(C(=O)N2CC[C@](c3ccc(C(OCN4CC5CCC4C5)(C(F)(F)F)C(F)(F)F)cc3)(S(=O)(=O)c3ccc(F)cc3)C2)CC1. The van der Waals surface area contributed by atoms with Crippen molar-refractivity contribution in [3.63, 3.8) is 0 Å². The Morgan fingerprint density at radius 2 is 1.44 bits per heavy atom. The number of piperazine rings is 1. The molecule has 2 bridgehead atoms. The molecule has 0 spiro atoms. The van der Waals surface area contributed by atoms with Gasteiger partial charge in [0.15, 0.2) is 9.84 Å². The zero-order chi connectivity index (χ0) is 36.3. The maximum Gasteiger partial charge on any atom is 0.430 e. The average Bonchev–Trinajstić information content (AvgIpc) is 3.81. The molecule has 0 aromatic heterocycles. The van der Waals surface area contributed by atoms with Crippen LogP contribution in [-0.4, -0.2) is 111 Å². The molecule has 6 rings (SSSR count). The van der Waals surface area contributed by atoms with Crippen LogP contribution in [-0.2, 0) is 29.7 Å². The quantitative estimate of drug-likeness (QED) is 0.285. The summed E-state index contributed by atoms with van der Waals surface area (Å²) in [6, 6.07) is 6.16. The lowest BCUT2D eigenvalue weighted by atomic mass is 9.88. The first-order valence-corrected chi connectivity index (χ1v) is 17.8. The lowest BCUT2D eigenvalue weighted by Gasteiger charge is -2.40. The largest absolute Gasteiger partial charge is 0.430 e. The van der Waals surface area contributed by atoms with Gasteiger partial charge in [0.05, 0.1) is 4.90 Å². The Labute approximate surface area is 284 Å². The van der Waals surface area contributed by atoms with Gasteiger partial charge in [0.2, 0.25) is 5.91 Å². The number of nitrogens with zero attached hydrogens (tertiary/aromatic N) is 4. The second-order valence-electron chi connectivity index (χ2n) is 13.5. The van der Waals surface area contributed by atoms with Gasteiger partial charge in [-0.2, -0.15) is 26.3 Å². The molecule has 3 atom stereocenters. The number of hydrogen-bond donors (Lipinski definition) is 0. The first-order chi connectivity index (χ1) is 23.4. The Morgan fingerprint density at radius 3 is 1.96 bits per heavy atom. The molecule has 2 aromatic carbocycles. The zero-order valence-corrected chi connectivity index (χ0v) is 28.0. The molecule has 4 fully saturated rings. The van der Waals surface area contributed by atoms with Crippen LogP contribution < -0.4 is 0 Å². The predicted octanol–water partition coefficient (Wildman–Crippen LogP) is 5.26. The fraction of sp³-hybridized carbons (Fsp3) is 0.576. The smallest absolute Gasteiger partial charge is 0.339 e. The summed E-state index contributed by atoms with van der Waals surface area (Å²) in [5.74, 6) is -0.705. The minimum absolute atomic E-state index is 0.107. The third-order valence-corrected chi connectivity index (χ3v) is 13.2. The third-order valence-electron chi connectivity index (χ3n) is 10.7. The van der Waals surface area contributed by atoms with E-state index in [1.807, 2.05) is 0 Å². The number of rotatable bonds is 7. The number of amides is 3. The molecule has 50 heavy (non-hydrogen) atoms. The van der Waals surface area contributed by atoms with Crippen molar-refractivity contribution in [3.8, 4) is 0 Å². The van der Waals surface area contributed by atoms with Gasteiger partial charge >= 0.3 is 18.4 Å². The number of carbonyl (C=O) groups excluding carboxylic acids is 2. The summed E-state index contributed by atoms with van der Waals surface area (Å²) in [4.78, 5) is 30.7. The van der Waals surface area contributed by atoms with Gasteiger partial charge in [0.25, 0.3) is 5.60 Å². The van der Waals surface area contributed by atoms with Crippen molar-refractivity contribution in [2.75, 3.05) is 52.5 Å². The highest BCUT2D eigenvalue weighted by molar-refractivity contribution is 7.92. The van der Waals surface area contributed by atoms with Gasteiger partial charge in [-0.3, -0.25) is 9.69 Å². The van der Waals surface area contributed by atoms with Crippen molar-refractivity contribution in [2.45, 2.75) is 66.2 Å². The van der Waals surface area contributed by atoms with Crippen molar-refractivity contribution in [1.82, 2.24) is 19.6 Å². The van der Waals surface area contributed by atoms with Gasteiger partial charge in [-0.1, -0.05) is 24.3 Å². The Hall–Kier alpha value is -3.44. The standard InChI is InChI=1S/C33H37F7N4O5S/c1-22(45)41-14-16-42(17-15-41)29(46)43-13-12-30(20-43,50(47,48)28-10-7-26(34)8-11-28)24-3-5-25(6-4-24)31(32(35,36)37,33(38,39)40)49-21-44-19-23-2-9-27(44)18-23/h3-8,10-11,23,27H,2,9,12-21H2,1H3/t23?,27?,30-/m0/s1. The number of fused-ring (bicyclic) bond motifs is 2. The number of ether oxygens (including phenoxy) is 1. The number of benzene rings is 2. The molecule has 2 unspecified atom stereocenters. The van der Waals surface area contributed by atoms with Crippen molar-refractivity contribution < 1.29 is 53.5 Å². The average molecular weight is 735 g/mol. The molecule has 0 radical (unpaired) electrons. The molecule has 3 saturated heterocycles. The van der Waals surface area contributed by atoms with E-state index in [9.17, 15) is 48.7 Å². The minimum Gasteiger partial charge on any atom is -0.339 e. The molecule has 2 aromatic rings. The third kappa shape index (κ3) is 6.12. The summed E-state index contributed by atoms with van der Waals surface area (Å²) >= 11 is 0. The van der Waals surface area contributed by atoms with Gasteiger partial charge < -0.3 is 19.4 Å². The summed E-state index contributed by atoms with van der Waals surface area (Å²) in [5.41, 5.74) is -6.12. The number of sulfone groups is 1. The van der Waals surface area contributed by atoms with Crippen LogP contribution in [0.2, 0.25) is 0 Å². The van der Waals surface area contributed by atoms with Crippen LogP contribution in [0.1, 0.15) is 43.7 Å². The van der Waals surface area contributed by atoms with Crippen LogP contribution in [0.25, 0.3) is 0 Å². The van der Waals surface area contributed by atoms with E-state index in [2.05, 4.69) is 0 Å². The van der Waals surface area contributed by atoms with E-state index in [-0.39, 0.29) is 67.5 Å². The fourth-order valence-corrected chi connectivity index (χ4v) is 9.99. The summed E-state index contributed by atoms with van der Waals surface area (Å²) in [6.45, 7) is 1.12. The lowest BCUT2D eigenvalue weighted by Crippen LogP contribution is -2.57. The van der Waals surface area contributed by atoms with E-state index in [1.165, 1.54) is 21.6 Å². The molecule has 9 nitrogen and oxygen atoms in total. The monoisotopic (exact) mass is 734 g/mol. The zero-order valence-electron chi connectivity index (χ0n) is 27.1. The van der Waals surface area contributed by atoms with Crippen LogP contribution in [0.5, 0.6) is 0 Å². The van der Waals surface area contributed by atoms with E-state index < -0.39 is 63.2 Å². The van der Waals surface area contributed by atoms with E-state index in [0.29, 0.717) is 31.5 Å². The number of carbonyl (C=O) groups is 2. The van der Waals surface area contributed by atoms with Crippen LogP contribution >= 0.6 is 0 Å². The molecule has 1 aliphatic carbocycles. The topological polar surface area (TPSA) is 90.5 Å². The molecule has 3 amide bonds. The van der Waals surface area contributed by atoms with Crippen molar-refractivity contribution in [3.05, 3.63) is 65.5 Å². The highest BCUT2D eigenvalue weighted by Gasteiger charge is 2.73. The predicted molar refractivity (Wildman–Crippen MR) is 165 cm³/mol. The molecular weight excluding hydrogens is 697 g/mol. The number of urea groups is 1. The van der Waals surface area contributed by atoms with Crippen molar-refractivity contribution >= 4 is 21.8 Å². The van der Waals surface area contributed by atoms with Gasteiger partial charge in [0.1, 0.15) is 17.3 Å². The fourth-order valence-electron chi connectivity index (χ4n) is 7.92. The molecule has 17 heteroatoms. The summed E-state index contributed by atoms with van der Waals surface area (Å²) < 4.78 is 133. The van der Waals surface area contributed by atoms with E-state index in [0.717, 1.165) is 42.8 Å². The van der Waals surface area contributed by atoms with E-state index in [4.69, 9.17) is 4.74 Å². The Kier molecular flexibility index (Phi) is 9.42. The van der Waals surface area contributed by atoms with Crippen molar-refractivity contribution in [1.29, 1.82) is 0 Å². The van der Waals surface area contributed by atoms with Crippen LogP contribution in [0.15, 0.2) is 53.4 Å². The molecular formula is C33H37F7N4O5S. The van der Waals surface area contributed by atoms with E-state index >= 15 is 0 Å². The Bertz CT molecular complexity index is 1680. The second kappa shape index (κ2) is 13.0. The number of hydrogen-bond acceptors (Lipinski definition) is 6. The van der Waals surface area contributed by atoms with Gasteiger partial charge in [-0.15, -0.1) is 0 Å². The molecule has 0 N–H and O–H groups in total. The van der Waals surface area contributed by atoms with Gasteiger partial charge in [-0.05, 0) is 61.4 Å². The molecule has 1 saturated carbocycles. The van der Waals surface area contributed by atoms with Gasteiger partial charge in [0, 0.05) is 64.3 Å². The minimum atomic E-state index is -5.94. The summed E-state index contributed by atoms with van der Waals surface area (Å²) in [7, 11) is -4.53.